The highest BCUT2D eigenvalue weighted by atomic mass is 79.9. The molecule has 0 aliphatic heterocycles. The molecule has 2 aliphatic carbocycles. The lowest BCUT2D eigenvalue weighted by molar-refractivity contribution is 0.0936. The zero-order valence-corrected chi connectivity index (χ0v) is 9.93. The molecule has 0 saturated heterocycles. The molecule has 13 heavy (non-hydrogen) atoms. The van der Waals surface area contributed by atoms with E-state index in [9.17, 15) is 0 Å². The van der Waals surface area contributed by atoms with E-state index in [2.05, 4.69) is 20.8 Å². The largest absolute Gasteiger partial charge is 0.299 e. The first-order valence-electron chi connectivity index (χ1n) is 5.70. The summed E-state index contributed by atoms with van der Waals surface area (Å²) >= 11 is 3.56. The summed E-state index contributed by atoms with van der Waals surface area (Å²) in [6, 6.07) is 0.943. The molecule has 2 heteroatoms. The van der Waals surface area contributed by atoms with E-state index in [0.717, 1.165) is 17.3 Å². The van der Waals surface area contributed by atoms with E-state index in [4.69, 9.17) is 0 Å². The highest BCUT2D eigenvalue weighted by molar-refractivity contribution is 9.09. The topological polar surface area (TPSA) is 3.24 Å². The van der Waals surface area contributed by atoms with Crippen molar-refractivity contribution in [1.82, 2.24) is 4.90 Å². The van der Waals surface area contributed by atoms with E-state index in [1.807, 2.05) is 0 Å². The zero-order chi connectivity index (χ0) is 9.10. The van der Waals surface area contributed by atoms with Gasteiger partial charge in [-0.3, -0.25) is 4.90 Å². The van der Waals surface area contributed by atoms with Gasteiger partial charge in [-0.15, -0.1) is 0 Å². The van der Waals surface area contributed by atoms with Gasteiger partial charge < -0.3 is 0 Å². The molecule has 2 aliphatic rings. The minimum atomic E-state index is 0.943. The van der Waals surface area contributed by atoms with Crippen molar-refractivity contribution in [2.24, 2.45) is 5.92 Å². The minimum Gasteiger partial charge on any atom is -0.299 e. The maximum Gasteiger partial charge on any atom is 0.0159 e. The van der Waals surface area contributed by atoms with Crippen LogP contribution in [0.25, 0.3) is 0 Å². The molecule has 0 aromatic heterocycles. The number of hydrogen-bond donors (Lipinski definition) is 0. The van der Waals surface area contributed by atoms with Gasteiger partial charge in [-0.25, -0.2) is 0 Å². The van der Waals surface area contributed by atoms with Gasteiger partial charge in [0, 0.05) is 24.5 Å². The Morgan fingerprint density at radius 1 is 1.08 bits per heavy atom. The summed E-state index contributed by atoms with van der Waals surface area (Å²) in [6.45, 7) is 2.65. The Labute approximate surface area is 90.0 Å². The van der Waals surface area contributed by atoms with Crippen LogP contribution in [0.2, 0.25) is 0 Å². The molecule has 2 fully saturated rings. The van der Waals surface area contributed by atoms with Gasteiger partial charge in [0.25, 0.3) is 0 Å². The van der Waals surface area contributed by atoms with E-state index >= 15 is 0 Å². The fourth-order valence-corrected chi connectivity index (χ4v) is 2.75. The fraction of sp³-hybridized carbons (Fsp3) is 1.00. The quantitative estimate of drug-likeness (QED) is 0.674. The van der Waals surface area contributed by atoms with Crippen molar-refractivity contribution in [3.05, 3.63) is 0 Å². The van der Waals surface area contributed by atoms with Crippen molar-refractivity contribution in [2.75, 3.05) is 18.4 Å². The summed E-state index contributed by atoms with van der Waals surface area (Å²) in [5, 5.41) is 1.15. The van der Waals surface area contributed by atoms with E-state index in [1.165, 1.54) is 51.6 Å². The van der Waals surface area contributed by atoms with Gasteiger partial charge in [-0.2, -0.15) is 0 Å². The second kappa shape index (κ2) is 4.79. The van der Waals surface area contributed by atoms with Crippen LogP contribution in [0.4, 0.5) is 0 Å². The molecule has 0 radical (unpaired) electrons. The molecule has 2 saturated carbocycles. The van der Waals surface area contributed by atoms with Crippen LogP contribution < -0.4 is 0 Å². The van der Waals surface area contributed by atoms with Crippen LogP contribution in [0.5, 0.6) is 0 Å². The van der Waals surface area contributed by atoms with Crippen LogP contribution in [0.1, 0.15) is 38.5 Å². The number of nitrogens with zero attached hydrogens (tertiary/aromatic N) is 1. The van der Waals surface area contributed by atoms with Crippen molar-refractivity contribution in [3.8, 4) is 0 Å². The van der Waals surface area contributed by atoms with Crippen molar-refractivity contribution in [2.45, 2.75) is 44.6 Å². The molecule has 0 spiro atoms. The van der Waals surface area contributed by atoms with Gasteiger partial charge in [0.15, 0.2) is 0 Å². The van der Waals surface area contributed by atoms with Gasteiger partial charge in [-0.1, -0.05) is 28.8 Å². The molecule has 0 unspecified atom stereocenters. The molecular formula is C11H20BrN. The predicted octanol–water partition coefficient (Wildman–Crippen LogP) is 3.04. The smallest absolute Gasteiger partial charge is 0.0159 e. The maximum atomic E-state index is 3.56. The number of halogens is 1. The van der Waals surface area contributed by atoms with Crippen molar-refractivity contribution >= 4 is 15.9 Å². The lowest BCUT2D eigenvalue weighted by atomic mass is 9.83. The lowest BCUT2D eigenvalue weighted by Crippen LogP contribution is -2.44. The molecule has 0 atom stereocenters. The van der Waals surface area contributed by atoms with Crippen LogP contribution >= 0.6 is 15.9 Å². The highest BCUT2D eigenvalue weighted by Gasteiger charge is 2.28. The molecule has 76 valence electrons. The molecule has 0 N–H and O–H groups in total. The van der Waals surface area contributed by atoms with Crippen molar-refractivity contribution in [1.29, 1.82) is 0 Å². The minimum absolute atomic E-state index is 0.943. The van der Waals surface area contributed by atoms with Gasteiger partial charge in [0.2, 0.25) is 0 Å². The Kier molecular flexibility index (Phi) is 3.67. The Hall–Kier alpha value is 0.440. The lowest BCUT2D eigenvalue weighted by Gasteiger charge is -2.41. The Balaban J connectivity index is 1.73. The molecule has 0 amide bonds. The Morgan fingerprint density at radius 2 is 1.77 bits per heavy atom. The van der Waals surface area contributed by atoms with E-state index in [-0.39, 0.29) is 0 Å². The number of hydrogen-bond acceptors (Lipinski definition) is 1. The third-order valence-electron chi connectivity index (χ3n) is 3.68. The third-order valence-corrected chi connectivity index (χ3v) is 4.03. The van der Waals surface area contributed by atoms with Gasteiger partial charge in [0.05, 0.1) is 0 Å². The summed E-state index contributed by atoms with van der Waals surface area (Å²) in [7, 11) is 0. The Bertz CT molecular complexity index is 152. The van der Waals surface area contributed by atoms with Gasteiger partial charge in [-0.05, 0) is 31.6 Å². The Morgan fingerprint density at radius 3 is 2.15 bits per heavy atom. The van der Waals surface area contributed by atoms with Crippen LogP contribution in [0, 0.1) is 5.92 Å². The molecule has 0 bridgehead atoms. The maximum absolute atomic E-state index is 3.56. The van der Waals surface area contributed by atoms with Crippen molar-refractivity contribution in [3.63, 3.8) is 0 Å². The normalized spacial score (nSPS) is 24.5. The van der Waals surface area contributed by atoms with E-state index < -0.39 is 0 Å². The van der Waals surface area contributed by atoms with Crippen molar-refractivity contribution < 1.29 is 0 Å². The third kappa shape index (κ3) is 2.47. The van der Waals surface area contributed by atoms with Crippen LogP contribution in [-0.4, -0.2) is 29.4 Å². The molecule has 2 rings (SSSR count). The first-order valence-corrected chi connectivity index (χ1v) is 6.82. The van der Waals surface area contributed by atoms with Crippen LogP contribution in [0.15, 0.2) is 0 Å². The highest BCUT2D eigenvalue weighted by Crippen LogP contribution is 2.31. The number of alkyl halides is 1. The summed E-state index contributed by atoms with van der Waals surface area (Å²) in [5.74, 6) is 1.04. The molecular weight excluding hydrogens is 226 g/mol. The molecule has 0 aromatic rings. The fourth-order valence-electron chi connectivity index (χ4n) is 2.29. The second-order valence-electron chi connectivity index (χ2n) is 4.57. The molecule has 1 nitrogen and oxygen atoms in total. The zero-order valence-electron chi connectivity index (χ0n) is 8.34. The monoisotopic (exact) mass is 245 g/mol. The average molecular weight is 246 g/mol. The van der Waals surface area contributed by atoms with Crippen LogP contribution in [-0.2, 0) is 0 Å². The molecule has 0 heterocycles. The van der Waals surface area contributed by atoms with E-state index in [0.29, 0.717) is 0 Å². The SMILES string of the molecule is BrCCN(CC1CCC1)C1CCC1. The number of rotatable bonds is 5. The predicted molar refractivity (Wildman–Crippen MR) is 60.3 cm³/mol. The summed E-state index contributed by atoms with van der Waals surface area (Å²) in [5.41, 5.74) is 0. The summed E-state index contributed by atoms with van der Waals surface area (Å²) in [4.78, 5) is 2.72. The standard InChI is InChI=1S/C11H20BrN/c12-7-8-13(11-5-2-6-11)9-10-3-1-4-10/h10-11H,1-9H2. The second-order valence-corrected chi connectivity index (χ2v) is 5.36. The summed E-state index contributed by atoms with van der Waals surface area (Å²) < 4.78 is 0. The van der Waals surface area contributed by atoms with Crippen LogP contribution in [0.3, 0.4) is 0 Å². The van der Waals surface area contributed by atoms with Gasteiger partial charge >= 0.3 is 0 Å². The summed E-state index contributed by atoms with van der Waals surface area (Å²) in [6.07, 6.45) is 8.85. The first-order chi connectivity index (χ1) is 6.40. The molecule has 0 aromatic carbocycles. The first kappa shape index (κ1) is 9.97. The van der Waals surface area contributed by atoms with Gasteiger partial charge in [0.1, 0.15) is 0 Å². The van der Waals surface area contributed by atoms with E-state index in [1.54, 1.807) is 0 Å². The average Bonchev–Trinajstić information content (AvgIpc) is 1.93.